The van der Waals surface area contributed by atoms with Crippen LogP contribution in [0.4, 0.5) is 0 Å². The summed E-state index contributed by atoms with van der Waals surface area (Å²) in [7, 11) is -0.977. The first kappa shape index (κ1) is 12.6. The van der Waals surface area contributed by atoms with Crippen LogP contribution in [0.1, 0.15) is 37.4 Å². The number of nitrogens with one attached hydrogen (secondary N) is 1. The maximum atomic E-state index is 11.6. The topological polar surface area (TPSA) is 64.0 Å². The fraction of sp³-hybridized carbons (Fsp3) is 0.727. The van der Waals surface area contributed by atoms with Crippen molar-refractivity contribution in [3.05, 3.63) is 18.0 Å². The Labute approximate surface area is 102 Å². The van der Waals surface area contributed by atoms with Gasteiger partial charge in [-0.25, -0.2) is 8.42 Å². The van der Waals surface area contributed by atoms with Crippen molar-refractivity contribution >= 4 is 9.84 Å². The Morgan fingerprint density at radius 2 is 2.35 bits per heavy atom. The van der Waals surface area contributed by atoms with Gasteiger partial charge in [-0.3, -0.25) is 4.68 Å². The number of nitrogens with zero attached hydrogens (tertiary/aromatic N) is 2. The second-order valence-corrected chi connectivity index (χ2v) is 6.90. The highest BCUT2D eigenvalue weighted by Crippen LogP contribution is 2.23. The number of sulfone groups is 1. The summed E-state index contributed by atoms with van der Waals surface area (Å²) >= 11 is 0. The van der Waals surface area contributed by atoms with Gasteiger partial charge in [0.15, 0.2) is 9.84 Å². The molecule has 0 spiro atoms. The molecule has 0 bridgehead atoms. The molecule has 1 aromatic heterocycles. The molecule has 2 unspecified atom stereocenters. The lowest BCUT2D eigenvalue weighted by atomic mass is 10.2. The van der Waals surface area contributed by atoms with Gasteiger partial charge < -0.3 is 5.32 Å². The van der Waals surface area contributed by atoms with Crippen molar-refractivity contribution in [1.82, 2.24) is 15.1 Å². The van der Waals surface area contributed by atoms with Crippen molar-refractivity contribution in [2.45, 2.75) is 31.8 Å². The standard InChI is InChI=1S/C11H19N3O2S/c1-9(12-2)10-6-13-14(7-10)11-4-3-5-17(15,16)8-11/h6-7,9,11-12H,3-5,8H2,1-2H3. The minimum atomic E-state index is -2.87. The highest BCUT2D eigenvalue weighted by Gasteiger charge is 2.26. The van der Waals surface area contributed by atoms with Crippen LogP contribution in [0.3, 0.4) is 0 Å². The zero-order valence-electron chi connectivity index (χ0n) is 10.3. The molecule has 17 heavy (non-hydrogen) atoms. The first-order chi connectivity index (χ1) is 8.02. The summed E-state index contributed by atoms with van der Waals surface area (Å²) in [6.07, 6.45) is 5.40. The van der Waals surface area contributed by atoms with E-state index in [9.17, 15) is 8.42 Å². The van der Waals surface area contributed by atoms with Gasteiger partial charge in [0, 0.05) is 17.8 Å². The molecule has 5 nitrogen and oxygen atoms in total. The van der Waals surface area contributed by atoms with E-state index >= 15 is 0 Å². The average molecular weight is 257 g/mol. The molecular formula is C11H19N3O2S. The van der Waals surface area contributed by atoms with Gasteiger partial charge in [-0.2, -0.15) is 5.10 Å². The highest BCUT2D eigenvalue weighted by atomic mass is 32.2. The summed E-state index contributed by atoms with van der Waals surface area (Å²) in [5.41, 5.74) is 1.09. The van der Waals surface area contributed by atoms with E-state index < -0.39 is 9.84 Å². The molecule has 1 fully saturated rings. The maximum Gasteiger partial charge on any atom is 0.152 e. The van der Waals surface area contributed by atoms with E-state index in [1.165, 1.54) is 0 Å². The zero-order valence-corrected chi connectivity index (χ0v) is 11.1. The lowest BCUT2D eigenvalue weighted by Gasteiger charge is -2.22. The van der Waals surface area contributed by atoms with E-state index in [-0.39, 0.29) is 17.8 Å². The molecule has 6 heteroatoms. The Balaban J connectivity index is 2.15. The minimum Gasteiger partial charge on any atom is -0.313 e. The van der Waals surface area contributed by atoms with Crippen LogP contribution in [-0.2, 0) is 9.84 Å². The Morgan fingerprint density at radius 1 is 1.59 bits per heavy atom. The summed E-state index contributed by atoms with van der Waals surface area (Å²) in [6, 6.07) is 0.246. The van der Waals surface area contributed by atoms with Gasteiger partial charge >= 0.3 is 0 Å². The van der Waals surface area contributed by atoms with E-state index in [0.29, 0.717) is 5.75 Å². The first-order valence-corrected chi connectivity index (χ1v) is 7.76. The van der Waals surface area contributed by atoms with Gasteiger partial charge in [0.05, 0.1) is 23.7 Å². The molecule has 0 saturated carbocycles. The molecule has 2 heterocycles. The van der Waals surface area contributed by atoms with Crippen LogP contribution in [-0.4, -0.2) is 36.8 Å². The van der Waals surface area contributed by atoms with E-state index in [1.54, 1.807) is 4.68 Å². The van der Waals surface area contributed by atoms with Crippen LogP contribution in [0, 0.1) is 0 Å². The third-order valence-electron chi connectivity index (χ3n) is 3.37. The normalized spacial score (nSPS) is 25.6. The monoisotopic (exact) mass is 257 g/mol. The Morgan fingerprint density at radius 3 is 3.00 bits per heavy atom. The number of rotatable bonds is 3. The van der Waals surface area contributed by atoms with Gasteiger partial charge in [-0.05, 0) is 26.8 Å². The van der Waals surface area contributed by atoms with Crippen LogP contribution in [0.15, 0.2) is 12.4 Å². The van der Waals surface area contributed by atoms with Crippen LogP contribution in [0.25, 0.3) is 0 Å². The second-order valence-electron chi connectivity index (χ2n) is 4.67. The lowest BCUT2D eigenvalue weighted by molar-refractivity contribution is 0.434. The molecule has 0 amide bonds. The second kappa shape index (κ2) is 4.78. The van der Waals surface area contributed by atoms with Crippen molar-refractivity contribution < 1.29 is 8.42 Å². The third kappa shape index (κ3) is 2.87. The number of aromatic nitrogens is 2. The number of hydrogen-bond donors (Lipinski definition) is 1. The summed E-state index contributed by atoms with van der Waals surface area (Å²) in [6.45, 7) is 2.05. The van der Waals surface area contributed by atoms with Crippen LogP contribution >= 0.6 is 0 Å². The predicted molar refractivity (Wildman–Crippen MR) is 66.6 cm³/mol. The molecule has 1 aromatic rings. The largest absolute Gasteiger partial charge is 0.313 e. The quantitative estimate of drug-likeness (QED) is 0.874. The molecule has 1 aliphatic rings. The van der Waals surface area contributed by atoms with Crippen LogP contribution in [0.5, 0.6) is 0 Å². The van der Waals surface area contributed by atoms with Crippen molar-refractivity contribution in [2.24, 2.45) is 0 Å². The molecule has 1 saturated heterocycles. The van der Waals surface area contributed by atoms with Crippen molar-refractivity contribution in [2.75, 3.05) is 18.6 Å². The Kier molecular flexibility index (Phi) is 3.53. The molecule has 2 atom stereocenters. The van der Waals surface area contributed by atoms with E-state index in [1.807, 2.05) is 19.4 Å². The minimum absolute atomic E-state index is 0.00607. The lowest BCUT2D eigenvalue weighted by Crippen LogP contribution is -2.27. The first-order valence-electron chi connectivity index (χ1n) is 5.93. The van der Waals surface area contributed by atoms with E-state index in [2.05, 4.69) is 17.3 Å². The van der Waals surface area contributed by atoms with Gasteiger partial charge in [0.25, 0.3) is 0 Å². The summed E-state index contributed by atoms with van der Waals surface area (Å²) < 4.78 is 25.0. The number of hydrogen-bond acceptors (Lipinski definition) is 4. The summed E-state index contributed by atoms with van der Waals surface area (Å²) in [4.78, 5) is 0. The maximum absolute atomic E-state index is 11.6. The van der Waals surface area contributed by atoms with E-state index in [4.69, 9.17) is 0 Å². The Bertz CT molecular complexity index is 481. The van der Waals surface area contributed by atoms with Gasteiger partial charge in [0.2, 0.25) is 0 Å². The summed E-state index contributed by atoms with van der Waals surface area (Å²) in [5, 5.41) is 7.43. The molecule has 2 rings (SSSR count). The van der Waals surface area contributed by atoms with Gasteiger partial charge in [-0.15, -0.1) is 0 Å². The van der Waals surface area contributed by atoms with Crippen LogP contribution in [0.2, 0.25) is 0 Å². The zero-order chi connectivity index (χ0) is 12.5. The third-order valence-corrected chi connectivity index (χ3v) is 5.17. The van der Waals surface area contributed by atoms with Crippen LogP contribution < -0.4 is 5.32 Å². The Hall–Kier alpha value is -0.880. The van der Waals surface area contributed by atoms with Gasteiger partial charge in [0.1, 0.15) is 0 Å². The summed E-state index contributed by atoms with van der Waals surface area (Å²) in [5.74, 6) is 0.548. The smallest absolute Gasteiger partial charge is 0.152 e. The molecule has 1 N–H and O–H groups in total. The van der Waals surface area contributed by atoms with Gasteiger partial charge in [-0.1, -0.05) is 0 Å². The average Bonchev–Trinajstić information content (AvgIpc) is 2.76. The van der Waals surface area contributed by atoms with Crippen molar-refractivity contribution in [3.63, 3.8) is 0 Å². The fourth-order valence-electron chi connectivity index (χ4n) is 2.15. The van der Waals surface area contributed by atoms with E-state index in [0.717, 1.165) is 18.4 Å². The molecule has 1 aliphatic heterocycles. The van der Waals surface area contributed by atoms with Crippen molar-refractivity contribution in [1.29, 1.82) is 0 Å². The molecule has 0 aromatic carbocycles. The molecule has 0 aliphatic carbocycles. The predicted octanol–water partition coefficient (Wildman–Crippen LogP) is 0.913. The molecular weight excluding hydrogens is 238 g/mol. The molecule has 96 valence electrons. The van der Waals surface area contributed by atoms with Crippen molar-refractivity contribution in [3.8, 4) is 0 Å². The molecule has 0 radical (unpaired) electrons. The fourth-order valence-corrected chi connectivity index (χ4v) is 3.83. The SMILES string of the molecule is CNC(C)c1cnn(C2CCCS(=O)(=O)C2)c1. The highest BCUT2D eigenvalue weighted by molar-refractivity contribution is 7.91.